The van der Waals surface area contributed by atoms with Crippen LogP contribution in [0.4, 0.5) is 18.9 Å². The fraction of sp³-hybridized carbons (Fsp3) is 0.333. The molecule has 108 valence electrons. The number of carboxylic acid groups (broad SMARTS) is 1. The minimum Gasteiger partial charge on any atom is -0.481 e. The van der Waals surface area contributed by atoms with Crippen molar-refractivity contribution in [3.63, 3.8) is 0 Å². The second kappa shape index (κ2) is 4.97. The minimum atomic E-state index is -4.56. The summed E-state index contributed by atoms with van der Waals surface area (Å²) in [6.07, 6.45) is -4.81. The Morgan fingerprint density at radius 1 is 1.40 bits per heavy atom. The molecular weight excluding hydrogens is 299 g/mol. The summed E-state index contributed by atoms with van der Waals surface area (Å²) in [7, 11) is 0. The monoisotopic (exact) mass is 307 g/mol. The van der Waals surface area contributed by atoms with Crippen LogP contribution in [0.2, 0.25) is 5.02 Å². The van der Waals surface area contributed by atoms with Gasteiger partial charge in [0.25, 0.3) is 0 Å². The summed E-state index contributed by atoms with van der Waals surface area (Å²) in [5.74, 6) is -2.66. The number of nitrogens with zero attached hydrogens (tertiary/aromatic N) is 1. The molecule has 2 rings (SSSR count). The molecule has 0 aromatic heterocycles. The zero-order chi connectivity index (χ0) is 15.1. The van der Waals surface area contributed by atoms with Gasteiger partial charge in [-0.2, -0.15) is 13.2 Å². The van der Waals surface area contributed by atoms with Crippen LogP contribution in [-0.2, 0) is 15.8 Å². The first kappa shape index (κ1) is 14.6. The zero-order valence-corrected chi connectivity index (χ0v) is 10.7. The number of benzene rings is 1. The van der Waals surface area contributed by atoms with Gasteiger partial charge in [-0.05, 0) is 18.2 Å². The molecule has 1 N–H and O–H groups in total. The molecule has 20 heavy (non-hydrogen) atoms. The highest BCUT2D eigenvalue weighted by Crippen LogP contribution is 2.37. The molecule has 1 aromatic rings. The number of hydrogen-bond acceptors (Lipinski definition) is 2. The Hall–Kier alpha value is -1.76. The molecule has 0 unspecified atom stereocenters. The van der Waals surface area contributed by atoms with Crippen LogP contribution in [0.5, 0.6) is 0 Å². The summed E-state index contributed by atoms with van der Waals surface area (Å²) in [5, 5.41) is 8.83. The Balaban J connectivity index is 2.38. The Kier molecular flexibility index (Phi) is 3.64. The van der Waals surface area contributed by atoms with Crippen molar-refractivity contribution in [1.29, 1.82) is 0 Å². The first-order chi connectivity index (χ1) is 9.20. The number of carboxylic acids is 1. The van der Waals surface area contributed by atoms with Crippen molar-refractivity contribution in [2.75, 3.05) is 11.4 Å². The van der Waals surface area contributed by atoms with E-state index in [9.17, 15) is 22.8 Å². The van der Waals surface area contributed by atoms with E-state index in [1.165, 1.54) is 0 Å². The summed E-state index contributed by atoms with van der Waals surface area (Å²) in [6, 6.07) is 2.60. The predicted octanol–water partition coefficient (Wildman–Crippen LogP) is 2.80. The van der Waals surface area contributed by atoms with E-state index in [1.54, 1.807) is 0 Å². The summed E-state index contributed by atoms with van der Waals surface area (Å²) in [6.45, 7) is -0.185. The molecule has 0 aliphatic carbocycles. The molecular formula is C12H9ClF3NO3. The number of carbonyl (C=O) groups is 2. The Morgan fingerprint density at radius 2 is 2.05 bits per heavy atom. The minimum absolute atomic E-state index is 0.0302. The van der Waals surface area contributed by atoms with Crippen LogP contribution >= 0.6 is 11.6 Å². The fourth-order valence-electron chi connectivity index (χ4n) is 2.00. The Morgan fingerprint density at radius 3 is 2.55 bits per heavy atom. The molecule has 1 aliphatic heterocycles. The van der Waals surface area contributed by atoms with E-state index in [4.69, 9.17) is 16.7 Å². The molecule has 8 heteroatoms. The second-order valence-electron chi connectivity index (χ2n) is 4.41. The summed E-state index contributed by atoms with van der Waals surface area (Å²) >= 11 is 5.81. The fourth-order valence-corrected chi connectivity index (χ4v) is 2.22. The maximum absolute atomic E-state index is 12.6. The number of halogens is 4. The lowest BCUT2D eigenvalue weighted by atomic mass is 10.1. The van der Waals surface area contributed by atoms with Gasteiger partial charge in [0.15, 0.2) is 0 Å². The van der Waals surface area contributed by atoms with E-state index in [0.717, 1.165) is 23.1 Å². The van der Waals surface area contributed by atoms with E-state index in [1.807, 2.05) is 0 Å². The van der Waals surface area contributed by atoms with Crippen LogP contribution in [0.15, 0.2) is 18.2 Å². The van der Waals surface area contributed by atoms with Crippen LogP contribution in [0, 0.1) is 5.92 Å². The van der Waals surface area contributed by atoms with E-state index in [-0.39, 0.29) is 23.7 Å². The largest absolute Gasteiger partial charge is 0.481 e. The predicted molar refractivity (Wildman–Crippen MR) is 64.5 cm³/mol. The Bertz CT molecular complexity index is 574. The zero-order valence-electron chi connectivity index (χ0n) is 9.95. The second-order valence-corrected chi connectivity index (χ2v) is 4.81. The lowest BCUT2D eigenvalue weighted by Gasteiger charge is -2.19. The molecule has 1 heterocycles. The first-order valence-corrected chi connectivity index (χ1v) is 5.98. The van der Waals surface area contributed by atoms with Crippen LogP contribution in [0.1, 0.15) is 12.0 Å². The maximum Gasteiger partial charge on any atom is 0.416 e. The number of hydrogen-bond donors (Lipinski definition) is 1. The maximum atomic E-state index is 12.6. The van der Waals surface area contributed by atoms with Gasteiger partial charge >= 0.3 is 12.1 Å². The highest BCUT2D eigenvalue weighted by Gasteiger charge is 2.37. The number of carbonyl (C=O) groups excluding carboxylic acids is 1. The van der Waals surface area contributed by atoms with E-state index in [2.05, 4.69) is 0 Å². The molecule has 0 spiro atoms. The van der Waals surface area contributed by atoms with Gasteiger partial charge in [-0.1, -0.05) is 11.6 Å². The van der Waals surface area contributed by atoms with Crippen LogP contribution in [0.3, 0.4) is 0 Å². The topological polar surface area (TPSA) is 57.6 Å². The molecule has 1 amide bonds. The molecule has 0 saturated carbocycles. The van der Waals surface area contributed by atoms with Crippen LogP contribution in [0.25, 0.3) is 0 Å². The smallest absolute Gasteiger partial charge is 0.416 e. The van der Waals surface area contributed by atoms with Gasteiger partial charge in [0, 0.05) is 13.0 Å². The summed E-state index contributed by atoms with van der Waals surface area (Å²) < 4.78 is 37.9. The highest BCUT2D eigenvalue weighted by atomic mass is 35.5. The number of anilines is 1. The van der Waals surface area contributed by atoms with Gasteiger partial charge in [-0.3, -0.25) is 9.59 Å². The van der Waals surface area contributed by atoms with Crippen molar-refractivity contribution < 1.29 is 27.9 Å². The quantitative estimate of drug-likeness (QED) is 0.914. The molecule has 1 aromatic carbocycles. The van der Waals surface area contributed by atoms with E-state index < -0.39 is 29.5 Å². The molecule has 1 atom stereocenters. The van der Waals surface area contributed by atoms with E-state index in [0.29, 0.717) is 0 Å². The average molecular weight is 308 g/mol. The van der Waals surface area contributed by atoms with Crippen LogP contribution in [-0.4, -0.2) is 23.5 Å². The number of alkyl halides is 3. The summed E-state index contributed by atoms with van der Waals surface area (Å²) in [4.78, 5) is 23.6. The standard InChI is InChI=1S/C12H9ClF3NO3/c13-8-2-1-7(12(14,15)16)4-9(8)17-5-6(11(19)20)3-10(17)18/h1-2,4,6H,3,5H2,(H,19,20)/t6-/m1/s1. The third kappa shape index (κ3) is 2.72. The van der Waals surface area contributed by atoms with Gasteiger partial charge in [0.2, 0.25) is 5.91 Å². The average Bonchev–Trinajstić information content (AvgIpc) is 2.70. The van der Waals surface area contributed by atoms with Gasteiger partial charge < -0.3 is 10.0 Å². The third-order valence-electron chi connectivity index (χ3n) is 3.04. The lowest BCUT2D eigenvalue weighted by Crippen LogP contribution is -2.26. The Labute approximate surface area is 116 Å². The molecule has 0 radical (unpaired) electrons. The van der Waals surface area contributed by atoms with Crippen molar-refractivity contribution in [2.45, 2.75) is 12.6 Å². The molecule has 1 saturated heterocycles. The van der Waals surface area contributed by atoms with Gasteiger partial charge in [-0.15, -0.1) is 0 Å². The van der Waals surface area contributed by atoms with Gasteiger partial charge in [0.05, 0.1) is 22.2 Å². The van der Waals surface area contributed by atoms with Crippen molar-refractivity contribution >= 4 is 29.2 Å². The first-order valence-electron chi connectivity index (χ1n) is 5.60. The van der Waals surface area contributed by atoms with Crippen molar-refractivity contribution in [1.82, 2.24) is 0 Å². The third-order valence-corrected chi connectivity index (χ3v) is 3.36. The van der Waals surface area contributed by atoms with Gasteiger partial charge in [0.1, 0.15) is 0 Å². The molecule has 4 nitrogen and oxygen atoms in total. The molecule has 0 bridgehead atoms. The van der Waals surface area contributed by atoms with Crippen LogP contribution < -0.4 is 4.90 Å². The van der Waals surface area contributed by atoms with Crippen molar-refractivity contribution in [3.8, 4) is 0 Å². The van der Waals surface area contributed by atoms with Crippen molar-refractivity contribution in [2.24, 2.45) is 5.92 Å². The molecule has 1 fully saturated rings. The summed E-state index contributed by atoms with van der Waals surface area (Å²) in [5.41, 5.74) is -1.06. The highest BCUT2D eigenvalue weighted by molar-refractivity contribution is 6.34. The normalized spacial score (nSPS) is 19.5. The number of aliphatic carboxylic acids is 1. The van der Waals surface area contributed by atoms with E-state index >= 15 is 0 Å². The number of rotatable bonds is 2. The lowest BCUT2D eigenvalue weighted by molar-refractivity contribution is -0.141. The number of amides is 1. The van der Waals surface area contributed by atoms with Gasteiger partial charge in [-0.25, -0.2) is 0 Å². The SMILES string of the molecule is O=C(O)[C@@H]1CC(=O)N(c2cc(C(F)(F)F)ccc2Cl)C1. The molecule has 1 aliphatic rings. The van der Waals surface area contributed by atoms with Crippen molar-refractivity contribution in [3.05, 3.63) is 28.8 Å².